The molecule has 1 aromatic carbocycles. The van der Waals surface area contributed by atoms with Crippen LogP contribution in [0.15, 0.2) is 18.2 Å². The molecule has 1 aliphatic rings. The second-order valence-corrected chi connectivity index (χ2v) is 4.84. The lowest BCUT2D eigenvalue weighted by Crippen LogP contribution is -2.31. The third kappa shape index (κ3) is 3.61. The molecule has 4 nitrogen and oxygen atoms in total. The van der Waals surface area contributed by atoms with Gasteiger partial charge in [-0.3, -0.25) is 0 Å². The first-order valence-corrected chi connectivity index (χ1v) is 7.05. The number of fused-ring (bicyclic) bond motifs is 1. The summed E-state index contributed by atoms with van der Waals surface area (Å²) in [4.78, 5) is 0. The van der Waals surface area contributed by atoms with Gasteiger partial charge in [0.1, 0.15) is 13.2 Å². The summed E-state index contributed by atoms with van der Waals surface area (Å²) >= 11 is 0. The molecule has 0 aromatic heterocycles. The van der Waals surface area contributed by atoms with Crippen LogP contribution < -0.4 is 14.8 Å². The molecule has 0 unspecified atom stereocenters. The lowest BCUT2D eigenvalue weighted by Gasteiger charge is -2.21. The molecule has 0 saturated heterocycles. The summed E-state index contributed by atoms with van der Waals surface area (Å²) < 4.78 is 11.0. The van der Waals surface area contributed by atoms with Gasteiger partial charge >= 0.3 is 0 Å². The normalized spacial score (nSPS) is 15.6. The van der Waals surface area contributed by atoms with Gasteiger partial charge in [0.05, 0.1) is 6.10 Å². The molecule has 1 atom stereocenters. The lowest BCUT2D eigenvalue weighted by molar-refractivity contribution is 0.160. The highest BCUT2D eigenvalue weighted by atomic mass is 16.6. The minimum Gasteiger partial charge on any atom is -0.486 e. The monoisotopic (exact) mass is 265 g/mol. The molecule has 2 N–H and O–H groups in total. The number of benzene rings is 1. The minimum atomic E-state index is -0.517. The topological polar surface area (TPSA) is 50.7 Å². The third-order valence-corrected chi connectivity index (χ3v) is 3.54. The van der Waals surface area contributed by atoms with Crippen LogP contribution in [0.25, 0.3) is 0 Å². The van der Waals surface area contributed by atoms with Crippen molar-refractivity contribution >= 4 is 0 Å². The summed E-state index contributed by atoms with van der Waals surface area (Å²) in [5.74, 6) is 1.49. The second-order valence-electron chi connectivity index (χ2n) is 4.84. The molecule has 1 aromatic rings. The van der Waals surface area contributed by atoms with Crippen molar-refractivity contribution in [2.75, 3.05) is 19.8 Å². The van der Waals surface area contributed by atoms with Gasteiger partial charge in [-0.2, -0.15) is 0 Å². The van der Waals surface area contributed by atoms with Crippen LogP contribution in [0, 0.1) is 0 Å². The van der Waals surface area contributed by atoms with E-state index in [4.69, 9.17) is 9.47 Å². The Morgan fingerprint density at radius 3 is 2.53 bits per heavy atom. The fourth-order valence-corrected chi connectivity index (χ4v) is 2.24. The molecule has 2 rings (SSSR count). The fourth-order valence-electron chi connectivity index (χ4n) is 2.24. The average Bonchev–Trinajstić information content (AvgIpc) is 2.47. The Morgan fingerprint density at radius 2 is 1.84 bits per heavy atom. The number of aliphatic hydroxyl groups is 1. The second kappa shape index (κ2) is 6.78. The highest BCUT2D eigenvalue weighted by Crippen LogP contribution is 2.32. The van der Waals surface area contributed by atoms with Gasteiger partial charge in [-0.1, -0.05) is 19.9 Å². The van der Waals surface area contributed by atoms with Gasteiger partial charge in [0.2, 0.25) is 0 Å². The van der Waals surface area contributed by atoms with E-state index in [1.807, 2.05) is 18.2 Å². The summed E-state index contributed by atoms with van der Waals surface area (Å²) in [6, 6.07) is 6.09. The zero-order chi connectivity index (χ0) is 13.7. The Morgan fingerprint density at radius 1 is 1.16 bits per heavy atom. The number of ether oxygens (including phenoxy) is 2. The maximum Gasteiger partial charge on any atom is 0.161 e. The van der Waals surface area contributed by atoms with E-state index < -0.39 is 6.10 Å². The molecule has 0 bridgehead atoms. The summed E-state index contributed by atoms with van der Waals surface area (Å²) in [5.41, 5.74) is 0.864. The van der Waals surface area contributed by atoms with Crippen molar-refractivity contribution in [1.29, 1.82) is 0 Å². The highest BCUT2D eigenvalue weighted by Gasteiger charge is 2.16. The number of rotatable bonds is 6. The van der Waals surface area contributed by atoms with Gasteiger partial charge in [0.15, 0.2) is 11.5 Å². The van der Waals surface area contributed by atoms with E-state index in [1.165, 1.54) is 0 Å². The molecular weight excluding hydrogens is 242 g/mol. The summed E-state index contributed by atoms with van der Waals surface area (Å²) in [6.07, 6.45) is 1.63. The Bertz CT molecular complexity index is 404. The molecule has 1 heterocycles. The zero-order valence-electron chi connectivity index (χ0n) is 11.7. The molecule has 19 heavy (non-hydrogen) atoms. The zero-order valence-corrected chi connectivity index (χ0v) is 11.7. The van der Waals surface area contributed by atoms with Crippen molar-refractivity contribution in [1.82, 2.24) is 5.32 Å². The molecule has 0 amide bonds. The number of aliphatic hydroxyl groups excluding tert-OH is 1. The molecule has 0 fully saturated rings. The first-order valence-electron chi connectivity index (χ1n) is 7.05. The van der Waals surface area contributed by atoms with E-state index in [9.17, 15) is 5.11 Å². The number of nitrogens with one attached hydrogen (secondary N) is 1. The van der Waals surface area contributed by atoms with Crippen molar-refractivity contribution in [3.63, 3.8) is 0 Å². The van der Waals surface area contributed by atoms with E-state index in [-0.39, 0.29) is 0 Å². The van der Waals surface area contributed by atoms with Gasteiger partial charge < -0.3 is 19.9 Å². The molecule has 0 saturated carbocycles. The van der Waals surface area contributed by atoms with E-state index >= 15 is 0 Å². The molecule has 4 heteroatoms. The van der Waals surface area contributed by atoms with Crippen molar-refractivity contribution < 1.29 is 14.6 Å². The van der Waals surface area contributed by atoms with Crippen molar-refractivity contribution in [3.8, 4) is 11.5 Å². The highest BCUT2D eigenvalue weighted by molar-refractivity contribution is 5.44. The van der Waals surface area contributed by atoms with Crippen LogP contribution in [0.3, 0.4) is 0 Å². The van der Waals surface area contributed by atoms with Gasteiger partial charge in [-0.15, -0.1) is 0 Å². The van der Waals surface area contributed by atoms with Gasteiger partial charge in [-0.25, -0.2) is 0 Å². The van der Waals surface area contributed by atoms with Crippen LogP contribution in [0.4, 0.5) is 0 Å². The predicted octanol–water partition coefficient (Wildman–Crippen LogP) is 2.27. The van der Waals surface area contributed by atoms with Crippen LogP contribution in [0.5, 0.6) is 11.5 Å². The Labute approximate surface area is 114 Å². The van der Waals surface area contributed by atoms with Crippen molar-refractivity contribution in [2.24, 2.45) is 0 Å². The third-order valence-electron chi connectivity index (χ3n) is 3.54. The molecule has 1 aliphatic heterocycles. The summed E-state index contributed by atoms with van der Waals surface area (Å²) in [6.45, 7) is 6.02. The summed E-state index contributed by atoms with van der Waals surface area (Å²) in [7, 11) is 0. The minimum absolute atomic E-state index is 0.465. The molecule has 0 spiro atoms. The van der Waals surface area contributed by atoms with Crippen LogP contribution in [0.2, 0.25) is 0 Å². The van der Waals surface area contributed by atoms with Crippen LogP contribution in [0.1, 0.15) is 38.4 Å². The van der Waals surface area contributed by atoms with Gasteiger partial charge in [0, 0.05) is 12.6 Å². The quantitative estimate of drug-likeness (QED) is 0.828. The largest absolute Gasteiger partial charge is 0.486 e. The van der Waals surface area contributed by atoms with Crippen molar-refractivity contribution in [2.45, 2.75) is 38.8 Å². The van der Waals surface area contributed by atoms with E-state index in [0.29, 0.717) is 25.8 Å². The molecule has 0 aliphatic carbocycles. The van der Waals surface area contributed by atoms with Crippen LogP contribution in [-0.2, 0) is 0 Å². The van der Waals surface area contributed by atoms with E-state index in [2.05, 4.69) is 19.2 Å². The Kier molecular flexibility index (Phi) is 5.05. The SMILES string of the molecule is CCC(CC)NC[C@H](O)c1ccc2c(c1)OCCO2. The van der Waals surface area contributed by atoms with Crippen molar-refractivity contribution in [3.05, 3.63) is 23.8 Å². The maximum atomic E-state index is 10.2. The summed E-state index contributed by atoms with van der Waals surface area (Å²) in [5, 5.41) is 13.6. The number of hydrogen-bond donors (Lipinski definition) is 2. The van der Waals surface area contributed by atoms with Gasteiger partial charge in [0.25, 0.3) is 0 Å². The average molecular weight is 265 g/mol. The lowest BCUT2D eigenvalue weighted by atomic mass is 10.1. The predicted molar refractivity (Wildman–Crippen MR) is 74.8 cm³/mol. The standard InChI is InChI=1S/C15H23NO3/c1-3-12(4-2)16-10-13(17)11-5-6-14-15(9-11)19-8-7-18-14/h5-6,9,12-13,16-17H,3-4,7-8,10H2,1-2H3/t13-/m0/s1. The molecule has 106 valence electrons. The molecular formula is C15H23NO3. The van der Waals surface area contributed by atoms with Gasteiger partial charge in [-0.05, 0) is 30.5 Å². The molecule has 0 radical (unpaired) electrons. The Hall–Kier alpha value is -1.26. The smallest absolute Gasteiger partial charge is 0.161 e. The Balaban J connectivity index is 1.97. The fraction of sp³-hybridized carbons (Fsp3) is 0.600. The van der Waals surface area contributed by atoms with E-state index in [1.54, 1.807) is 0 Å². The van der Waals surface area contributed by atoms with E-state index in [0.717, 1.165) is 29.9 Å². The first kappa shape index (κ1) is 14.2. The number of hydrogen-bond acceptors (Lipinski definition) is 4. The maximum absolute atomic E-state index is 10.2. The van der Waals surface area contributed by atoms with Crippen LogP contribution in [-0.4, -0.2) is 30.9 Å². The first-order chi connectivity index (χ1) is 9.24. The van der Waals surface area contributed by atoms with Crippen LogP contribution >= 0.6 is 0 Å².